The van der Waals surface area contributed by atoms with Crippen LogP contribution in [0.15, 0.2) is 65.2 Å². The summed E-state index contributed by atoms with van der Waals surface area (Å²) >= 11 is 1.19. The van der Waals surface area contributed by atoms with Gasteiger partial charge in [0.2, 0.25) is 5.91 Å². The SMILES string of the molecule is CCOc1ccc(N2C(=O)CS/C2=C(/C#N)C(=O)NCc2ccccc2)cc1. The molecule has 1 heterocycles. The molecule has 1 saturated heterocycles. The molecule has 6 nitrogen and oxygen atoms in total. The molecule has 0 spiro atoms. The summed E-state index contributed by atoms with van der Waals surface area (Å²) in [5, 5.41) is 12.7. The minimum absolute atomic E-state index is 0.0688. The summed E-state index contributed by atoms with van der Waals surface area (Å²) in [6.07, 6.45) is 0. The van der Waals surface area contributed by atoms with Crippen LogP contribution in [-0.2, 0) is 16.1 Å². The lowest BCUT2D eigenvalue weighted by atomic mass is 10.2. The summed E-state index contributed by atoms with van der Waals surface area (Å²) in [6.45, 7) is 2.74. The highest BCUT2D eigenvalue weighted by molar-refractivity contribution is 8.04. The van der Waals surface area contributed by atoms with Gasteiger partial charge in [-0.05, 0) is 36.8 Å². The van der Waals surface area contributed by atoms with E-state index in [9.17, 15) is 14.9 Å². The molecule has 1 aliphatic heterocycles. The predicted octanol–water partition coefficient (Wildman–Crippen LogP) is 3.22. The van der Waals surface area contributed by atoms with E-state index in [1.165, 1.54) is 16.7 Å². The van der Waals surface area contributed by atoms with Gasteiger partial charge in [-0.25, -0.2) is 0 Å². The first-order valence-corrected chi connectivity index (χ1v) is 9.77. The van der Waals surface area contributed by atoms with Gasteiger partial charge >= 0.3 is 0 Å². The average molecular weight is 393 g/mol. The molecule has 142 valence electrons. The Morgan fingerprint density at radius 3 is 2.57 bits per heavy atom. The van der Waals surface area contributed by atoms with E-state index < -0.39 is 5.91 Å². The van der Waals surface area contributed by atoms with Crippen LogP contribution < -0.4 is 15.0 Å². The fraction of sp³-hybridized carbons (Fsp3) is 0.190. The minimum atomic E-state index is -0.500. The number of ether oxygens (including phenoxy) is 1. The van der Waals surface area contributed by atoms with Gasteiger partial charge in [0.25, 0.3) is 5.91 Å². The molecule has 3 rings (SSSR count). The molecule has 0 bridgehead atoms. The molecule has 2 amide bonds. The fourth-order valence-corrected chi connectivity index (χ4v) is 3.75. The lowest BCUT2D eigenvalue weighted by Gasteiger charge is -2.19. The quantitative estimate of drug-likeness (QED) is 0.602. The number of thioether (sulfide) groups is 1. The summed E-state index contributed by atoms with van der Waals surface area (Å²) in [5.74, 6) is 0.198. The Morgan fingerprint density at radius 1 is 1.21 bits per heavy atom. The molecule has 0 unspecified atom stereocenters. The van der Waals surface area contributed by atoms with Crippen molar-refractivity contribution in [2.75, 3.05) is 17.3 Å². The van der Waals surface area contributed by atoms with Crippen molar-refractivity contribution in [3.63, 3.8) is 0 Å². The van der Waals surface area contributed by atoms with Crippen LogP contribution in [0.2, 0.25) is 0 Å². The van der Waals surface area contributed by atoms with Crippen molar-refractivity contribution in [3.05, 3.63) is 70.8 Å². The Kier molecular flexibility index (Phi) is 6.35. The minimum Gasteiger partial charge on any atom is -0.494 e. The maximum atomic E-state index is 12.6. The third kappa shape index (κ3) is 4.35. The second-order valence-electron chi connectivity index (χ2n) is 5.90. The molecular weight excluding hydrogens is 374 g/mol. The number of nitrogens with one attached hydrogen (secondary N) is 1. The maximum Gasteiger partial charge on any atom is 0.264 e. The highest BCUT2D eigenvalue weighted by Gasteiger charge is 2.33. The van der Waals surface area contributed by atoms with Gasteiger partial charge in [-0.3, -0.25) is 14.5 Å². The number of nitriles is 1. The van der Waals surface area contributed by atoms with Crippen LogP contribution in [0.1, 0.15) is 12.5 Å². The third-order valence-corrected chi connectivity index (χ3v) is 5.09. The Labute approximate surface area is 167 Å². The van der Waals surface area contributed by atoms with Crippen molar-refractivity contribution in [3.8, 4) is 11.8 Å². The van der Waals surface area contributed by atoms with Gasteiger partial charge in [0.05, 0.1) is 12.4 Å². The molecular formula is C21H19N3O3S. The maximum absolute atomic E-state index is 12.6. The second kappa shape index (κ2) is 9.11. The molecule has 28 heavy (non-hydrogen) atoms. The van der Waals surface area contributed by atoms with Gasteiger partial charge in [0.1, 0.15) is 22.4 Å². The highest BCUT2D eigenvalue weighted by Crippen LogP contribution is 2.36. The zero-order valence-electron chi connectivity index (χ0n) is 15.3. The van der Waals surface area contributed by atoms with Crippen molar-refractivity contribution in [2.45, 2.75) is 13.5 Å². The zero-order valence-corrected chi connectivity index (χ0v) is 16.2. The molecule has 0 saturated carbocycles. The number of hydrogen-bond donors (Lipinski definition) is 1. The van der Waals surface area contributed by atoms with E-state index in [1.807, 2.05) is 43.3 Å². The molecule has 0 atom stereocenters. The molecule has 0 radical (unpaired) electrons. The number of carbonyl (C=O) groups is 2. The van der Waals surface area contributed by atoms with Gasteiger partial charge in [-0.2, -0.15) is 5.26 Å². The van der Waals surface area contributed by atoms with E-state index >= 15 is 0 Å². The standard InChI is InChI=1S/C21H19N3O3S/c1-2-27-17-10-8-16(9-11-17)24-19(25)14-28-21(24)18(12-22)20(26)23-13-15-6-4-3-5-7-15/h3-11H,2,13-14H2,1H3,(H,23,26)/b21-18-. The summed E-state index contributed by atoms with van der Waals surface area (Å²) in [5.41, 5.74) is 1.45. The van der Waals surface area contributed by atoms with Crippen molar-refractivity contribution >= 4 is 29.3 Å². The summed E-state index contributed by atoms with van der Waals surface area (Å²) in [6, 6.07) is 18.4. The summed E-state index contributed by atoms with van der Waals surface area (Å²) < 4.78 is 5.42. The van der Waals surface area contributed by atoms with Crippen LogP contribution in [0.4, 0.5) is 5.69 Å². The predicted molar refractivity (Wildman–Crippen MR) is 108 cm³/mol. The largest absolute Gasteiger partial charge is 0.494 e. The number of carbonyl (C=O) groups excluding carboxylic acids is 2. The van der Waals surface area contributed by atoms with Crippen LogP contribution in [0.25, 0.3) is 0 Å². The summed E-state index contributed by atoms with van der Waals surface area (Å²) in [7, 11) is 0. The van der Waals surface area contributed by atoms with E-state index in [-0.39, 0.29) is 17.2 Å². The summed E-state index contributed by atoms with van der Waals surface area (Å²) in [4.78, 5) is 26.4. The van der Waals surface area contributed by atoms with E-state index in [1.54, 1.807) is 24.3 Å². The zero-order chi connectivity index (χ0) is 19.9. The number of amides is 2. The van der Waals surface area contributed by atoms with E-state index in [0.717, 1.165) is 5.56 Å². The molecule has 0 aliphatic carbocycles. The number of hydrogen-bond acceptors (Lipinski definition) is 5. The first-order valence-electron chi connectivity index (χ1n) is 8.79. The van der Waals surface area contributed by atoms with Gasteiger partial charge in [0, 0.05) is 12.2 Å². The van der Waals surface area contributed by atoms with E-state index in [2.05, 4.69) is 5.32 Å². The molecule has 1 aliphatic rings. The van der Waals surface area contributed by atoms with Crippen molar-refractivity contribution in [1.29, 1.82) is 5.26 Å². The van der Waals surface area contributed by atoms with Crippen LogP contribution in [-0.4, -0.2) is 24.2 Å². The highest BCUT2D eigenvalue weighted by atomic mass is 32.2. The average Bonchev–Trinajstić information content (AvgIpc) is 3.10. The van der Waals surface area contributed by atoms with Gasteiger partial charge in [0.15, 0.2) is 0 Å². The Bertz CT molecular complexity index is 934. The van der Waals surface area contributed by atoms with Crippen molar-refractivity contribution in [1.82, 2.24) is 5.32 Å². The van der Waals surface area contributed by atoms with Crippen LogP contribution in [0, 0.1) is 11.3 Å². The van der Waals surface area contributed by atoms with Crippen LogP contribution in [0.3, 0.4) is 0 Å². The molecule has 1 N–H and O–H groups in total. The number of anilines is 1. The Balaban J connectivity index is 1.84. The monoisotopic (exact) mass is 393 g/mol. The normalized spacial score (nSPS) is 15.1. The van der Waals surface area contributed by atoms with E-state index in [0.29, 0.717) is 29.6 Å². The third-order valence-electron chi connectivity index (χ3n) is 4.04. The lowest BCUT2D eigenvalue weighted by Crippen LogP contribution is -2.29. The van der Waals surface area contributed by atoms with Crippen LogP contribution in [0.5, 0.6) is 5.75 Å². The van der Waals surface area contributed by atoms with E-state index in [4.69, 9.17) is 4.74 Å². The number of benzene rings is 2. The molecule has 2 aromatic carbocycles. The smallest absolute Gasteiger partial charge is 0.264 e. The molecule has 7 heteroatoms. The number of rotatable bonds is 6. The lowest BCUT2D eigenvalue weighted by molar-refractivity contribution is -0.117. The second-order valence-corrected chi connectivity index (χ2v) is 6.87. The molecule has 1 fully saturated rings. The van der Waals surface area contributed by atoms with Gasteiger partial charge in [-0.15, -0.1) is 0 Å². The number of nitrogens with zero attached hydrogens (tertiary/aromatic N) is 2. The fourth-order valence-electron chi connectivity index (χ4n) is 2.74. The Hall–Kier alpha value is -3.24. The molecule has 2 aromatic rings. The van der Waals surface area contributed by atoms with Gasteiger partial charge in [-0.1, -0.05) is 42.1 Å². The van der Waals surface area contributed by atoms with Crippen LogP contribution >= 0.6 is 11.8 Å². The topological polar surface area (TPSA) is 82.4 Å². The Morgan fingerprint density at radius 2 is 1.93 bits per heavy atom. The van der Waals surface area contributed by atoms with Crippen molar-refractivity contribution in [2.24, 2.45) is 0 Å². The first kappa shape index (κ1) is 19.5. The van der Waals surface area contributed by atoms with Gasteiger partial charge < -0.3 is 10.1 Å². The van der Waals surface area contributed by atoms with Crippen molar-refractivity contribution < 1.29 is 14.3 Å². The molecule has 0 aromatic heterocycles. The first-order chi connectivity index (χ1) is 13.6.